The lowest BCUT2D eigenvalue weighted by Gasteiger charge is -2.26. The monoisotopic (exact) mass is 1170 g/mol. The van der Waals surface area contributed by atoms with Gasteiger partial charge in [0.1, 0.15) is 0 Å². The third-order valence-corrected chi connectivity index (χ3v) is 20.6. The minimum atomic E-state index is 0.900. The average molecular weight is 1170 g/mol. The van der Waals surface area contributed by atoms with Gasteiger partial charge in [-0.2, -0.15) is 0 Å². The summed E-state index contributed by atoms with van der Waals surface area (Å²) in [5.41, 5.74) is 38.7. The summed E-state index contributed by atoms with van der Waals surface area (Å²) >= 11 is 0. The second kappa shape index (κ2) is 19.9. The maximum absolute atomic E-state index is 2.47. The Morgan fingerprint density at radius 2 is 0.554 bits per heavy atom. The Bertz CT molecular complexity index is 5360. The van der Waals surface area contributed by atoms with Crippen LogP contribution in [-0.4, -0.2) is 9.13 Å². The maximum Gasteiger partial charge on any atom is 0.0544 e. The van der Waals surface area contributed by atoms with Crippen molar-refractivity contribution in [3.63, 3.8) is 0 Å². The summed E-state index contributed by atoms with van der Waals surface area (Å²) in [4.78, 5) is 4.84. The normalized spacial score (nSPS) is 12.8. The van der Waals surface area contributed by atoms with Crippen molar-refractivity contribution >= 4 is 77.7 Å². The maximum atomic E-state index is 2.47. The van der Waals surface area contributed by atoms with Crippen molar-refractivity contribution in [3.8, 4) is 67.0 Å². The lowest BCUT2D eigenvalue weighted by Crippen LogP contribution is -2.10. The lowest BCUT2D eigenvalue weighted by atomic mass is 9.93. The molecule has 0 saturated heterocycles. The van der Waals surface area contributed by atoms with Crippen LogP contribution in [0.4, 0.5) is 34.1 Å². The van der Waals surface area contributed by atoms with Gasteiger partial charge in [0.25, 0.3) is 0 Å². The van der Waals surface area contributed by atoms with Crippen molar-refractivity contribution in [1.82, 2.24) is 9.13 Å². The molecule has 2 aromatic heterocycles. The van der Waals surface area contributed by atoms with Gasteiger partial charge in [0.15, 0.2) is 0 Å². The van der Waals surface area contributed by atoms with E-state index in [-0.39, 0.29) is 0 Å². The number of fused-ring (bicyclic) bond motifs is 22. The summed E-state index contributed by atoms with van der Waals surface area (Å²) in [5, 5.41) is 5.18. The summed E-state index contributed by atoms with van der Waals surface area (Å²) in [5.74, 6) is 0. The fourth-order valence-corrected chi connectivity index (χ4v) is 16.6. The molecule has 0 radical (unpaired) electrons. The topological polar surface area (TPSA) is 16.3 Å². The number of hydrogen-bond acceptors (Lipinski definition) is 2. The molecule has 0 unspecified atom stereocenters. The van der Waals surface area contributed by atoms with Crippen LogP contribution in [-0.2, 0) is 25.7 Å². The van der Waals surface area contributed by atoms with Crippen molar-refractivity contribution in [2.45, 2.75) is 25.7 Å². The average Bonchev–Trinajstić information content (AvgIpc) is 1.56. The van der Waals surface area contributed by atoms with Gasteiger partial charge in [-0.3, -0.25) is 0 Å². The molecule has 0 fully saturated rings. The van der Waals surface area contributed by atoms with Gasteiger partial charge in [-0.25, -0.2) is 0 Å². The molecule has 92 heavy (non-hydrogen) atoms. The number of benzene rings is 14. The molecule has 4 nitrogen and oxygen atoms in total. The molecular formula is C88H58N4. The van der Waals surface area contributed by atoms with E-state index in [1.807, 2.05) is 0 Å². The van der Waals surface area contributed by atoms with Crippen LogP contribution in [0.1, 0.15) is 44.5 Å². The Morgan fingerprint density at radius 1 is 0.228 bits per heavy atom. The van der Waals surface area contributed by atoms with Gasteiger partial charge in [0.05, 0.1) is 22.1 Å². The van der Waals surface area contributed by atoms with E-state index in [2.05, 4.69) is 322 Å². The third kappa shape index (κ3) is 7.58. The SMILES string of the molecule is c1ccc(N(c2ccc(-c3ccc(N(c4ccccc4)c4ccc5c(c4)c4c6c(ccc4n5-c4ccccc4)-c4c(ccc5c4-c4ccccc4C5)C6)cc3)cc2)c2ccc3c(c2)c2c4c(ccc2n3-c2ccccc2)-c2c(ccc3c2-c2ccccc2C3)C4)cc1. The molecule has 4 aliphatic carbocycles. The van der Waals surface area contributed by atoms with Crippen LogP contribution in [0, 0.1) is 0 Å². The second-order valence-corrected chi connectivity index (χ2v) is 25.4. The predicted molar refractivity (Wildman–Crippen MR) is 383 cm³/mol. The first-order valence-electron chi connectivity index (χ1n) is 32.3. The summed E-state index contributed by atoms with van der Waals surface area (Å²) in [6, 6.07) is 113. The van der Waals surface area contributed by atoms with Gasteiger partial charge in [-0.15, -0.1) is 0 Å². The summed E-state index contributed by atoms with van der Waals surface area (Å²) in [6.07, 6.45) is 3.78. The molecule has 16 aromatic rings. The highest BCUT2D eigenvalue weighted by Gasteiger charge is 2.34. The zero-order valence-corrected chi connectivity index (χ0v) is 50.5. The summed E-state index contributed by atoms with van der Waals surface area (Å²) in [6.45, 7) is 0. The first-order valence-corrected chi connectivity index (χ1v) is 32.3. The molecule has 0 N–H and O–H groups in total. The molecule has 14 aromatic carbocycles. The number of hydrogen-bond donors (Lipinski definition) is 0. The minimum absolute atomic E-state index is 0.900. The molecule has 0 spiro atoms. The number of rotatable bonds is 9. The van der Waals surface area contributed by atoms with Crippen molar-refractivity contribution in [2.24, 2.45) is 0 Å². The minimum Gasteiger partial charge on any atom is -0.310 e. The lowest BCUT2D eigenvalue weighted by molar-refractivity contribution is 1.18. The molecule has 20 rings (SSSR count). The van der Waals surface area contributed by atoms with Crippen molar-refractivity contribution in [1.29, 1.82) is 0 Å². The number of anilines is 6. The van der Waals surface area contributed by atoms with Gasteiger partial charge < -0.3 is 18.9 Å². The molecule has 4 aliphatic rings. The Morgan fingerprint density at radius 3 is 0.967 bits per heavy atom. The first kappa shape index (κ1) is 51.2. The van der Waals surface area contributed by atoms with E-state index in [4.69, 9.17) is 0 Å². The molecule has 0 aliphatic heterocycles. The largest absolute Gasteiger partial charge is 0.310 e. The van der Waals surface area contributed by atoms with Crippen LogP contribution in [0.25, 0.3) is 111 Å². The molecule has 0 atom stereocenters. The van der Waals surface area contributed by atoms with E-state index in [0.717, 1.165) is 82.3 Å². The molecule has 2 heterocycles. The van der Waals surface area contributed by atoms with Crippen molar-refractivity contribution in [3.05, 3.63) is 348 Å². The Balaban J connectivity index is 0.680. The molecule has 430 valence electrons. The van der Waals surface area contributed by atoms with Gasteiger partial charge in [0, 0.05) is 67.0 Å². The van der Waals surface area contributed by atoms with Crippen LogP contribution in [0.3, 0.4) is 0 Å². The van der Waals surface area contributed by atoms with E-state index < -0.39 is 0 Å². The first-order chi connectivity index (χ1) is 45.6. The molecular weight excluding hydrogens is 1110 g/mol. The Labute approximate surface area is 534 Å². The van der Waals surface area contributed by atoms with E-state index in [1.165, 1.54) is 133 Å². The summed E-state index contributed by atoms with van der Waals surface area (Å²) in [7, 11) is 0. The zero-order chi connectivity index (χ0) is 60.1. The number of para-hydroxylation sites is 4. The Hall–Kier alpha value is -11.7. The molecule has 0 saturated carbocycles. The fraction of sp³-hybridized carbons (Fsp3) is 0.0455. The number of nitrogens with zero attached hydrogens (tertiary/aromatic N) is 4. The van der Waals surface area contributed by atoms with E-state index in [1.54, 1.807) is 0 Å². The van der Waals surface area contributed by atoms with Crippen LogP contribution < -0.4 is 9.80 Å². The quantitative estimate of drug-likeness (QED) is 0.143. The smallest absolute Gasteiger partial charge is 0.0544 e. The van der Waals surface area contributed by atoms with Crippen LogP contribution in [0.15, 0.2) is 303 Å². The summed E-state index contributed by atoms with van der Waals surface area (Å²) < 4.78 is 4.95. The van der Waals surface area contributed by atoms with Crippen LogP contribution in [0.2, 0.25) is 0 Å². The van der Waals surface area contributed by atoms with Crippen molar-refractivity contribution in [2.75, 3.05) is 9.80 Å². The van der Waals surface area contributed by atoms with Crippen LogP contribution >= 0.6 is 0 Å². The van der Waals surface area contributed by atoms with E-state index in [0.29, 0.717) is 0 Å². The van der Waals surface area contributed by atoms with Gasteiger partial charge in [0.2, 0.25) is 0 Å². The third-order valence-electron chi connectivity index (χ3n) is 20.6. The van der Waals surface area contributed by atoms with Gasteiger partial charge in [-0.05, 0) is 247 Å². The van der Waals surface area contributed by atoms with Gasteiger partial charge >= 0.3 is 0 Å². The zero-order valence-electron chi connectivity index (χ0n) is 50.5. The highest BCUT2D eigenvalue weighted by atomic mass is 15.1. The highest BCUT2D eigenvalue weighted by Crippen LogP contribution is 2.55. The van der Waals surface area contributed by atoms with Gasteiger partial charge in [-0.1, -0.05) is 182 Å². The van der Waals surface area contributed by atoms with Crippen molar-refractivity contribution < 1.29 is 0 Å². The van der Waals surface area contributed by atoms with E-state index >= 15 is 0 Å². The number of aromatic nitrogens is 2. The Kier molecular flexibility index (Phi) is 11.1. The highest BCUT2D eigenvalue weighted by molar-refractivity contribution is 6.17. The standard InChI is InChI=1S/C88H58N4/c1-5-19-63(20-6-1)89(69-41-45-79-77(53-69)87-75-51-61-31-29-59-49-57-17-13-15-27-71(57)83(59)85(61)73(75)43-47-81(87)91(79)65-23-9-3-10-24-65)67-37-33-55(34-38-67)56-35-39-68(40-36-56)90(64-21-7-2-8-22-64)70-42-46-80-78(54-70)88-76-52-62-32-30-60-50-58-18-14-16-28-72(58)84(60)86(62)74(76)44-48-82(88)92(80)66-25-11-4-12-26-66/h1-48,53-54H,49-52H2. The molecule has 0 amide bonds. The fourth-order valence-electron chi connectivity index (χ4n) is 16.6. The molecule has 4 heteroatoms. The second-order valence-electron chi connectivity index (χ2n) is 25.4. The predicted octanol–water partition coefficient (Wildman–Crippen LogP) is 22.8. The molecule has 0 bridgehead atoms. The van der Waals surface area contributed by atoms with E-state index in [9.17, 15) is 0 Å². The van der Waals surface area contributed by atoms with Crippen LogP contribution in [0.5, 0.6) is 0 Å².